The van der Waals surface area contributed by atoms with E-state index in [2.05, 4.69) is 16.9 Å². The summed E-state index contributed by atoms with van der Waals surface area (Å²) in [6.07, 6.45) is 7.94. The predicted octanol–water partition coefficient (Wildman–Crippen LogP) is 2.58. The lowest BCUT2D eigenvalue weighted by atomic mass is 9.75. The third-order valence-corrected chi connectivity index (χ3v) is 5.05. The van der Waals surface area contributed by atoms with Crippen LogP contribution in [0.2, 0.25) is 0 Å². The van der Waals surface area contributed by atoms with Gasteiger partial charge in [-0.2, -0.15) is 5.10 Å². The topological polar surface area (TPSA) is 47.1 Å². The molecule has 0 radical (unpaired) electrons. The van der Waals surface area contributed by atoms with Crippen LogP contribution in [0.4, 0.5) is 11.5 Å². The number of rotatable bonds is 2. The van der Waals surface area contributed by atoms with Crippen molar-refractivity contribution in [3.8, 4) is 0 Å². The number of hydrogen-bond acceptors (Lipinski definition) is 3. The first-order valence-electron chi connectivity index (χ1n) is 7.77. The Morgan fingerprint density at radius 3 is 2.63 bits per heavy atom. The maximum atomic E-state index is 6.29. The lowest BCUT2D eigenvalue weighted by Crippen LogP contribution is -2.42. The molecule has 0 aromatic carbocycles. The van der Waals surface area contributed by atoms with Crippen molar-refractivity contribution in [2.75, 3.05) is 23.7 Å². The van der Waals surface area contributed by atoms with Gasteiger partial charge < -0.3 is 10.6 Å². The van der Waals surface area contributed by atoms with E-state index in [1.165, 1.54) is 38.6 Å². The summed E-state index contributed by atoms with van der Waals surface area (Å²) < 4.78 is 1.98. The van der Waals surface area contributed by atoms with Gasteiger partial charge in [-0.15, -0.1) is 0 Å². The summed E-state index contributed by atoms with van der Waals surface area (Å²) in [5, 5.41) is 4.56. The van der Waals surface area contributed by atoms with Gasteiger partial charge >= 0.3 is 0 Å². The fourth-order valence-electron chi connectivity index (χ4n) is 4.02. The maximum Gasteiger partial charge on any atom is 0.150 e. The molecular weight excluding hydrogens is 236 g/mol. The minimum Gasteiger partial charge on any atom is -0.394 e. The number of hydrogen-bond donors (Lipinski definition) is 1. The summed E-state index contributed by atoms with van der Waals surface area (Å²) >= 11 is 0. The molecule has 2 aliphatic rings. The highest BCUT2D eigenvalue weighted by Crippen LogP contribution is 2.39. The predicted molar refractivity (Wildman–Crippen MR) is 79.3 cm³/mol. The zero-order valence-electron chi connectivity index (χ0n) is 12.2. The molecule has 1 saturated heterocycles. The summed E-state index contributed by atoms with van der Waals surface area (Å²) in [6.45, 7) is 4.45. The molecule has 1 aromatic heterocycles. The van der Waals surface area contributed by atoms with Gasteiger partial charge in [0, 0.05) is 20.1 Å². The van der Waals surface area contributed by atoms with Crippen molar-refractivity contribution in [1.82, 2.24) is 9.78 Å². The van der Waals surface area contributed by atoms with E-state index < -0.39 is 0 Å². The third kappa shape index (κ3) is 2.21. The number of nitrogen functional groups attached to an aromatic ring is 1. The highest BCUT2D eigenvalue weighted by atomic mass is 15.4. The van der Waals surface area contributed by atoms with Crippen LogP contribution in [-0.2, 0) is 13.5 Å². The summed E-state index contributed by atoms with van der Waals surface area (Å²) in [7, 11) is 2.03. The fraction of sp³-hybridized carbons (Fsp3) is 0.800. The zero-order valence-corrected chi connectivity index (χ0v) is 12.2. The summed E-state index contributed by atoms with van der Waals surface area (Å²) in [5.74, 6) is 2.99. The second-order valence-electron chi connectivity index (χ2n) is 6.20. The first-order chi connectivity index (χ1) is 9.20. The van der Waals surface area contributed by atoms with Crippen LogP contribution in [0.3, 0.4) is 0 Å². The molecule has 2 N–H and O–H groups in total. The van der Waals surface area contributed by atoms with Crippen LogP contribution >= 0.6 is 0 Å². The molecule has 2 atom stereocenters. The van der Waals surface area contributed by atoms with Gasteiger partial charge in [0.15, 0.2) is 0 Å². The smallest absolute Gasteiger partial charge is 0.150 e. The van der Waals surface area contributed by atoms with E-state index in [9.17, 15) is 0 Å². The Balaban J connectivity index is 1.81. The van der Waals surface area contributed by atoms with Crippen LogP contribution in [0.1, 0.15) is 44.7 Å². The van der Waals surface area contributed by atoms with Crippen molar-refractivity contribution < 1.29 is 0 Å². The normalized spacial score (nSPS) is 27.4. The lowest BCUT2D eigenvalue weighted by molar-refractivity contribution is 0.201. The molecule has 4 heteroatoms. The van der Waals surface area contributed by atoms with Gasteiger partial charge in [-0.05, 0) is 31.1 Å². The van der Waals surface area contributed by atoms with Crippen LogP contribution in [0.5, 0.6) is 0 Å². The minimum absolute atomic E-state index is 0.877. The van der Waals surface area contributed by atoms with Gasteiger partial charge in [-0.3, -0.25) is 4.68 Å². The summed E-state index contributed by atoms with van der Waals surface area (Å²) in [4.78, 5) is 2.48. The molecule has 0 spiro atoms. The number of fused-ring (bicyclic) bond motifs is 1. The first kappa shape index (κ1) is 12.8. The van der Waals surface area contributed by atoms with Gasteiger partial charge in [-0.1, -0.05) is 26.2 Å². The van der Waals surface area contributed by atoms with E-state index >= 15 is 0 Å². The molecule has 4 nitrogen and oxygen atoms in total. The minimum atomic E-state index is 0.877. The number of nitrogens with two attached hydrogens (primary N) is 1. The summed E-state index contributed by atoms with van der Waals surface area (Å²) in [5.41, 5.74) is 8.24. The van der Waals surface area contributed by atoms with Crippen molar-refractivity contribution >= 4 is 11.5 Å². The number of nitrogens with zero attached hydrogens (tertiary/aromatic N) is 3. The number of aromatic nitrogens is 2. The van der Waals surface area contributed by atoms with E-state index in [-0.39, 0.29) is 0 Å². The van der Waals surface area contributed by atoms with Gasteiger partial charge in [0.2, 0.25) is 0 Å². The van der Waals surface area contributed by atoms with Crippen LogP contribution < -0.4 is 10.6 Å². The quantitative estimate of drug-likeness (QED) is 0.891. The SMILES string of the molecule is CCc1nn(C)c(N2CCC3CCCCC3C2)c1N. The van der Waals surface area contributed by atoms with Crippen molar-refractivity contribution in [1.29, 1.82) is 0 Å². The van der Waals surface area contributed by atoms with Crippen LogP contribution in [0.25, 0.3) is 0 Å². The second-order valence-corrected chi connectivity index (χ2v) is 6.20. The van der Waals surface area contributed by atoms with E-state index in [0.717, 1.165) is 42.0 Å². The van der Waals surface area contributed by atoms with Gasteiger partial charge in [0.05, 0.1) is 11.4 Å². The molecule has 1 saturated carbocycles. The Labute approximate surface area is 116 Å². The standard InChI is InChI=1S/C15H26N4/c1-3-13-14(16)15(18(2)17-13)19-9-8-11-6-4-5-7-12(11)10-19/h11-12H,3-10,16H2,1-2H3. The van der Waals surface area contributed by atoms with Crippen molar-refractivity contribution in [2.24, 2.45) is 18.9 Å². The molecule has 2 heterocycles. The van der Waals surface area contributed by atoms with Gasteiger partial charge in [0.1, 0.15) is 5.82 Å². The average Bonchev–Trinajstić information content (AvgIpc) is 2.73. The molecule has 2 unspecified atom stereocenters. The monoisotopic (exact) mass is 262 g/mol. The molecule has 1 aliphatic carbocycles. The number of piperidine rings is 1. The second kappa shape index (κ2) is 5.06. The maximum absolute atomic E-state index is 6.29. The molecule has 19 heavy (non-hydrogen) atoms. The van der Waals surface area contributed by atoms with E-state index in [1.807, 2.05) is 11.7 Å². The van der Waals surface area contributed by atoms with Crippen molar-refractivity contribution in [2.45, 2.75) is 45.4 Å². The molecule has 3 rings (SSSR count). The molecule has 1 aromatic rings. The number of aryl methyl sites for hydroxylation is 2. The zero-order chi connectivity index (χ0) is 13.4. The van der Waals surface area contributed by atoms with E-state index in [0.29, 0.717) is 0 Å². The van der Waals surface area contributed by atoms with Gasteiger partial charge in [-0.25, -0.2) is 0 Å². The van der Waals surface area contributed by atoms with Crippen LogP contribution in [-0.4, -0.2) is 22.9 Å². The molecule has 0 bridgehead atoms. The Hall–Kier alpha value is -1.19. The first-order valence-corrected chi connectivity index (χ1v) is 7.77. The Bertz CT molecular complexity index is 451. The van der Waals surface area contributed by atoms with Gasteiger partial charge in [0.25, 0.3) is 0 Å². The van der Waals surface area contributed by atoms with Crippen molar-refractivity contribution in [3.05, 3.63) is 5.69 Å². The average molecular weight is 262 g/mol. The molecule has 1 aliphatic heterocycles. The largest absolute Gasteiger partial charge is 0.394 e. The highest BCUT2D eigenvalue weighted by molar-refractivity contribution is 5.66. The van der Waals surface area contributed by atoms with Crippen molar-refractivity contribution in [3.63, 3.8) is 0 Å². The Morgan fingerprint density at radius 1 is 1.21 bits per heavy atom. The molecule has 2 fully saturated rings. The van der Waals surface area contributed by atoms with Crippen LogP contribution in [0, 0.1) is 11.8 Å². The third-order valence-electron chi connectivity index (χ3n) is 5.05. The van der Waals surface area contributed by atoms with E-state index in [1.54, 1.807) is 0 Å². The lowest BCUT2D eigenvalue weighted by Gasteiger charge is -2.42. The van der Waals surface area contributed by atoms with Crippen LogP contribution in [0.15, 0.2) is 0 Å². The Morgan fingerprint density at radius 2 is 1.95 bits per heavy atom. The van der Waals surface area contributed by atoms with E-state index in [4.69, 9.17) is 5.73 Å². The number of anilines is 2. The molecular formula is C15H26N4. The fourth-order valence-corrected chi connectivity index (χ4v) is 4.02. The highest BCUT2D eigenvalue weighted by Gasteiger charge is 2.33. The molecule has 106 valence electrons. The Kier molecular flexibility index (Phi) is 3.42. The molecule has 0 amide bonds. The summed E-state index contributed by atoms with van der Waals surface area (Å²) in [6, 6.07) is 0.